The number of carbonyl (C=O) groups excluding carboxylic acids is 1. The van der Waals surface area contributed by atoms with Crippen molar-refractivity contribution in [1.29, 1.82) is 0 Å². The van der Waals surface area contributed by atoms with Crippen LogP contribution in [0.4, 0.5) is 5.69 Å². The van der Waals surface area contributed by atoms with Crippen molar-refractivity contribution in [1.82, 2.24) is 20.4 Å². The number of piperazine rings is 1. The highest BCUT2D eigenvalue weighted by Gasteiger charge is 2.26. The van der Waals surface area contributed by atoms with Crippen LogP contribution in [0.25, 0.3) is 11.5 Å². The Hall–Kier alpha value is -2.25. The number of hydrogen-bond donors (Lipinski definition) is 1. The second-order valence-corrected chi connectivity index (χ2v) is 6.35. The zero-order valence-electron chi connectivity index (χ0n) is 13.7. The first-order valence-corrected chi connectivity index (χ1v) is 8.38. The van der Waals surface area contributed by atoms with Gasteiger partial charge in [-0.2, -0.15) is 4.98 Å². The van der Waals surface area contributed by atoms with Gasteiger partial charge in [0.05, 0.1) is 6.04 Å². The quantitative estimate of drug-likeness (QED) is 0.919. The Kier molecular flexibility index (Phi) is 4.03. The maximum Gasteiger partial charge on any atom is 0.257 e. The van der Waals surface area contributed by atoms with Gasteiger partial charge in [-0.25, -0.2) is 0 Å². The van der Waals surface area contributed by atoms with Crippen molar-refractivity contribution in [3.05, 3.63) is 30.1 Å². The Balaban J connectivity index is 1.53. The maximum absolute atomic E-state index is 11.8. The molecule has 1 N–H and O–H groups in total. The normalized spacial score (nSPS) is 22.3. The molecule has 1 unspecified atom stereocenters. The predicted octanol–water partition coefficient (Wildman–Crippen LogP) is 1.44. The standard InChI is InChI=1S/C17H21N5O2/c1-21-10-8-18-11-14(21)16-19-17(24-20-16)12-4-6-13(7-5-12)22-9-2-3-15(22)23/h4-7,14,18H,2-3,8-11H2,1H3. The van der Waals surface area contributed by atoms with Crippen LogP contribution in [0.15, 0.2) is 28.8 Å². The summed E-state index contributed by atoms with van der Waals surface area (Å²) in [6.45, 7) is 3.57. The van der Waals surface area contributed by atoms with E-state index < -0.39 is 0 Å². The average molecular weight is 327 g/mol. The second-order valence-electron chi connectivity index (χ2n) is 6.35. The van der Waals surface area contributed by atoms with Crippen LogP contribution in [0.2, 0.25) is 0 Å². The van der Waals surface area contributed by atoms with Crippen LogP contribution in [0.3, 0.4) is 0 Å². The molecule has 0 radical (unpaired) electrons. The number of anilines is 1. The van der Waals surface area contributed by atoms with E-state index in [2.05, 4.69) is 27.4 Å². The third-order valence-corrected chi connectivity index (χ3v) is 4.75. The van der Waals surface area contributed by atoms with E-state index in [1.54, 1.807) is 0 Å². The van der Waals surface area contributed by atoms with Gasteiger partial charge >= 0.3 is 0 Å². The molecule has 7 heteroatoms. The summed E-state index contributed by atoms with van der Waals surface area (Å²) in [6.07, 6.45) is 1.56. The van der Waals surface area contributed by atoms with Gasteiger partial charge in [0.15, 0.2) is 5.82 Å². The van der Waals surface area contributed by atoms with Crippen molar-refractivity contribution in [2.45, 2.75) is 18.9 Å². The summed E-state index contributed by atoms with van der Waals surface area (Å²) in [4.78, 5) is 20.4. The van der Waals surface area contributed by atoms with E-state index in [9.17, 15) is 4.79 Å². The van der Waals surface area contributed by atoms with Gasteiger partial charge in [0, 0.05) is 43.9 Å². The van der Waals surface area contributed by atoms with Gasteiger partial charge < -0.3 is 14.7 Å². The monoisotopic (exact) mass is 327 g/mol. The number of amides is 1. The SMILES string of the molecule is CN1CCNCC1c1noc(-c2ccc(N3CCCC3=O)cc2)n1. The van der Waals surface area contributed by atoms with Crippen molar-refractivity contribution in [3.8, 4) is 11.5 Å². The van der Waals surface area contributed by atoms with Crippen LogP contribution in [0.1, 0.15) is 24.7 Å². The van der Waals surface area contributed by atoms with Gasteiger partial charge in [-0.05, 0) is 37.7 Å². The molecule has 7 nitrogen and oxygen atoms in total. The van der Waals surface area contributed by atoms with Gasteiger partial charge in [-0.15, -0.1) is 0 Å². The van der Waals surface area contributed by atoms with Crippen LogP contribution >= 0.6 is 0 Å². The highest BCUT2D eigenvalue weighted by Crippen LogP contribution is 2.26. The lowest BCUT2D eigenvalue weighted by atomic mass is 10.2. The van der Waals surface area contributed by atoms with E-state index >= 15 is 0 Å². The van der Waals surface area contributed by atoms with E-state index in [4.69, 9.17) is 4.52 Å². The maximum atomic E-state index is 11.8. The molecular formula is C17H21N5O2. The second kappa shape index (κ2) is 6.33. The predicted molar refractivity (Wildman–Crippen MR) is 89.6 cm³/mol. The van der Waals surface area contributed by atoms with Crippen molar-refractivity contribution >= 4 is 11.6 Å². The first-order chi connectivity index (χ1) is 11.7. The lowest BCUT2D eigenvalue weighted by molar-refractivity contribution is -0.117. The minimum absolute atomic E-state index is 0.137. The molecule has 2 aliphatic heterocycles. The molecule has 0 aliphatic carbocycles. The summed E-state index contributed by atoms with van der Waals surface area (Å²) in [5.74, 6) is 1.41. The Morgan fingerprint density at radius 2 is 2.08 bits per heavy atom. The van der Waals surface area contributed by atoms with E-state index in [0.29, 0.717) is 18.1 Å². The number of rotatable bonds is 3. The summed E-state index contributed by atoms with van der Waals surface area (Å²) in [7, 11) is 2.07. The topological polar surface area (TPSA) is 74.5 Å². The molecule has 2 aliphatic rings. The van der Waals surface area contributed by atoms with Crippen molar-refractivity contribution in [3.63, 3.8) is 0 Å². The summed E-state index contributed by atoms with van der Waals surface area (Å²) >= 11 is 0. The van der Waals surface area contributed by atoms with Crippen LogP contribution in [-0.4, -0.2) is 54.2 Å². The summed E-state index contributed by atoms with van der Waals surface area (Å²) in [5, 5.41) is 7.50. The van der Waals surface area contributed by atoms with Crippen molar-refractivity contribution in [2.75, 3.05) is 38.1 Å². The molecule has 1 aromatic heterocycles. The first-order valence-electron chi connectivity index (χ1n) is 8.38. The van der Waals surface area contributed by atoms with Gasteiger partial charge in [0.25, 0.3) is 5.89 Å². The summed E-state index contributed by atoms with van der Waals surface area (Å²) < 4.78 is 5.44. The highest BCUT2D eigenvalue weighted by molar-refractivity contribution is 5.95. The van der Waals surface area contributed by atoms with Gasteiger partial charge in [0.2, 0.25) is 5.91 Å². The van der Waals surface area contributed by atoms with E-state index in [1.165, 1.54) is 0 Å². The number of hydrogen-bond acceptors (Lipinski definition) is 6. The molecule has 1 aromatic carbocycles. The Labute approximate surface area is 140 Å². The first kappa shape index (κ1) is 15.3. The number of nitrogens with one attached hydrogen (secondary N) is 1. The Bertz CT molecular complexity index is 727. The minimum atomic E-state index is 0.137. The summed E-state index contributed by atoms with van der Waals surface area (Å²) in [6, 6.07) is 7.88. The van der Waals surface area contributed by atoms with Crippen LogP contribution in [0, 0.1) is 0 Å². The van der Waals surface area contributed by atoms with E-state index in [-0.39, 0.29) is 11.9 Å². The van der Waals surface area contributed by atoms with Gasteiger partial charge in [-0.1, -0.05) is 5.16 Å². The van der Waals surface area contributed by atoms with Crippen LogP contribution in [0.5, 0.6) is 0 Å². The Morgan fingerprint density at radius 1 is 1.25 bits per heavy atom. The Morgan fingerprint density at radius 3 is 2.79 bits per heavy atom. The molecule has 2 aromatic rings. The van der Waals surface area contributed by atoms with Crippen LogP contribution in [-0.2, 0) is 4.79 Å². The average Bonchev–Trinajstić information content (AvgIpc) is 3.25. The molecule has 0 bridgehead atoms. The smallest absolute Gasteiger partial charge is 0.257 e. The molecule has 24 heavy (non-hydrogen) atoms. The summed E-state index contributed by atoms with van der Waals surface area (Å²) in [5.41, 5.74) is 1.80. The third kappa shape index (κ3) is 2.81. The molecule has 4 rings (SSSR count). The largest absolute Gasteiger partial charge is 0.334 e. The van der Waals surface area contributed by atoms with E-state index in [1.807, 2.05) is 29.2 Å². The van der Waals surface area contributed by atoms with Crippen molar-refractivity contribution < 1.29 is 9.32 Å². The molecule has 0 saturated carbocycles. The molecule has 126 valence electrons. The number of aromatic nitrogens is 2. The molecule has 1 amide bonds. The third-order valence-electron chi connectivity index (χ3n) is 4.75. The molecule has 3 heterocycles. The lowest BCUT2D eigenvalue weighted by Crippen LogP contribution is -2.44. The zero-order chi connectivity index (χ0) is 16.5. The van der Waals surface area contributed by atoms with Gasteiger partial charge in [-0.3, -0.25) is 9.69 Å². The number of nitrogens with zero attached hydrogens (tertiary/aromatic N) is 4. The highest BCUT2D eigenvalue weighted by atomic mass is 16.5. The number of likely N-dealkylation sites (N-methyl/N-ethyl adjacent to an activating group) is 1. The fraction of sp³-hybridized carbons (Fsp3) is 0.471. The zero-order valence-corrected chi connectivity index (χ0v) is 13.7. The fourth-order valence-corrected chi connectivity index (χ4v) is 3.29. The molecule has 1 atom stereocenters. The van der Waals surface area contributed by atoms with Gasteiger partial charge in [0.1, 0.15) is 0 Å². The number of carbonyl (C=O) groups is 1. The minimum Gasteiger partial charge on any atom is -0.334 e. The number of benzene rings is 1. The fourth-order valence-electron chi connectivity index (χ4n) is 3.29. The van der Waals surface area contributed by atoms with Crippen molar-refractivity contribution in [2.24, 2.45) is 0 Å². The molecular weight excluding hydrogens is 306 g/mol. The lowest BCUT2D eigenvalue weighted by Gasteiger charge is -2.30. The molecule has 0 spiro atoms. The van der Waals surface area contributed by atoms with E-state index in [0.717, 1.165) is 43.9 Å². The molecule has 2 saturated heterocycles. The van der Waals surface area contributed by atoms with Crippen LogP contribution < -0.4 is 10.2 Å². The molecule has 2 fully saturated rings.